The summed E-state index contributed by atoms with van der Waals surface area (Å²) in [6.07, 6.45) is 13.2. The van der Waals surface area contributed by atoms with Gasteiger partial charge in [0.15, 0.2) is 0 Å². The molecule has 0 radical (unpaired) electrons. The van der Waals surface area contributed by atoms with Gasteiger partial charge in [-0.05, 0) is 54.8 Å². The molecule has 0 aliphatic carbocycles. The fourth-order valence-corrected chi connectivity index (χ4v) is 3.40. The fraction of sp³-hybridized carbons (Fsp3) is 0.185. The number of aromatic nitrogens is 1. The first-order chi connectivity index (χ1) is 13.7. The Labute approximate surface area is 169 Å². The SMILES string of the molecule is C=C/C(=C\CC)c1ccc2c(c1)c1ccccc1n2/C(C=C)=C/C=C\C.CC. The van der Waals surface area contributed by atoms with Crippen molar-refractivity contribution < 1.29 is 0 Å². The molecule has 2 aromatic carbocycles. The first-order valence-electron chi connectivity index (χ1n) is 10.1. The van der Waals surface area contributed by atoms with Gasteiger partial charge in [-0.15, -0.1) is 0 Å². The summed E-state index contributed by atoms with van der Waals surface area (Å²) in [5, 5.41) is 2.49. The molecule has 0 spiro atoms. The third-order valence-electron chi connectivity index (χ3n) is 4.58. The summed E-state index contributed by atoms with van der Waals surface area (Å²) in [7, 11) is 0. The molecule has 0 fully saturated rings. The molecule has 0 saturated heterocycles. The van der Waals surface area contributed by atoms with E-state index in [2.05, 4.69) is 79.3 Å². The second kappa shape index (κ2) is 10.3. The number of fused-ring (bicyclic) bond motifs is 3. The van der Waals surface area contributed by atoms with Crippen LogP contribution in [0.1, 0.15) is 39.7 Å². The van der Waals surface area contributed by atoms with Crippen molar-refractivity contribution in [3.8, 4) is 0 Å². The highest BCUT2D eigenvalue weighted by atomic mass is 15.0. The largest absolute Gasteiger partial charge is 0.309 e. The molecule has 1 heterocycles. The van der Waals surface area contributed by atoms with Crippen LogP contribution in [0.5, 0.6) is 0 Å². The number of benzene rings is 2. The summed E-state index contributed by atoms with van der Waals surface area (Å²) in [6.45, 7) is 16.2. The van der Waals surface area contributed by atoms with Gasteiger partial charge < -0.3 is 4.57 Å². The van der Waals surface area contributed by atoms with Gasteiger partial charge in [-0.25, -0.2) is 0 Å². The summed E-state index contributed by atoms with van der Waals surface area (Å²) in [4.78, 5) is 0. The lowest BCUT2D eigenvalue weighted by Crippen LogP contribution is -1.94. The lowest BCUT2D eigenvalue weighted by molar-refractivity contribution is 1.23. The van der Waals surface area contributed by atoms with Crippen molar-refractivity contribution in [1.82, 2.24) is 4.57 Å². The molecule has 0 bridgehead atoms. The molecule has 0 unspecified atom stereocenters. The van der Waals surface area contributed by atoms with E-state index < -0.39 is 0 Å². The van der Waals surface area contributed by atoms with Crippen molar-refractivity contribution in [3.63, 3.8) is 0 Å². The van der Waals surface area contributed by atoms with E-state index in [0.717, 1.165) is 12.1 Å². The predicted octanol–water partition coefficient (Wildman–Crippen LogP) is 8.40. The smallest absolute Gasteiger partial charge is 0.0541 e. The quantitative estimate of drug-likeness (QED) is 0.384. The predicted molar refractivity (Wildman–Crippen MR) is 129 cm³/mol. The van der Waals surface area contributed by atoms with Crippen molar-refractivity contribution in [2.24, 2.45) is 0 Å². The summed E-state index contributed by atoms with van der Waals surface area (Å²) < 4.78 is 2.28. The Morgan fingerprint density at radius 2 is 1.68 bits per heavy atom. The minimum absolute atomic E-state index is 0.994. The molecule has 0 aliphatic rings. The average molecular weight is 370 g/mol. The first-order valence-corrected chi connectivity index (χ1v) is 10.1. The van der Waals surface area contributed by atoms with Crippen molar-refractivity contribution in [2.75, 3.05) is 0 Å². The maximum absolute atomic E-state index is 4.02. The van der Waals surface area contributed by atoms with E-state index >= 15 is 0 Å². The molecular weight excluding hydrogens is 338 g/mol. The summed E-state index contributed by atoms with van der Waals surface area (Å²) >= 11 is 0. The molecular formula is C27H31N. The highest BCUT2D eigenvalue weighted by Gasteiger charge is 2.12. The van der Waals surface area contributed by atoms with Crippen LogP contribution in [0.15, 0.2) is 92.1 Å². The van der Waals surface area contributed by atoms with Crippen molar-refractivity contribution in [2.45, 2.75) is 34.1 Å². The minimum atomic E-state index is 0.994. The van der Waals surface area contributed by atoms with Gasteiger partial charge in [0.05, 0.1) is 11.0 Å². The maximum atomic E-state index is 4.02. The summed E-state index contributed by atoms with van der Waals surface area (Å²) in [5.41, 5.74) is 5.82. The van der Waals surface area contributed by atoms with E-state index in [0.29, 0.717) is 0 Å². The molecule has 144 valence electrons. The van der Waals surface area contributed by atoms with Crippen LogP contribution in [0.25, 0.3) is 33.1 Å². The Bertz CT molecular complexity index is 1050. The normalized spacial score (nSPS) is 12.3. The zero-order valence-electron chi connectivity index (χ0n) is 17.6. The summed E-state index contributed by atoms with van der Waals surface area (Å²) in [6, 6.07) is 15.2. The lowest BCUT2D eigenvalue weighted by Gasteiger charge is -2.09. The summed E-state index contributed by atoms with van der Waals surface area (Å²) in [5.74, 6) is 0. The molecule has 1 nitrogen and oxygen atoms in total. The number of rotatable bonds is 6. The van der Waals surface area contributed by atoms with Crippen molar-refractivity contribution in [3.05, 3.63) is 97.6 Å². The van der Waals surface area contributed by atoms with Crippen LogP contribution < -0.4 is 0 Å². The van der Waals surface area contributed by atoms with Gasteiger partial charge in [-0.3, -0.25) is 0 Å². The van der Waals surface area contributed by atoms with Crippen LogP contribution in [0.2, 0.25) is 0 Å². The zero-order chi connectivity index (χ0) is 20.5. The number of hydrogen-bond donors (Lipinski definition) is 0. The van der Waals surface area contributed by atoms with Crippen LogP contribution in [0, 0.1) is 0 Å². The third kappa shape index (κ3) is 4.09. The van der Waals surface area contributed by atoms with E-state index in [1.54, 1.807) is 0 Å². The number of para-hydroxylation sites is 1. The number of allylic oxidation sites excluding steroid dienone is 8. The van der Waals surface area contributed by atoms with E-state index in [9.17, 15) is 0 Å². The average Bonchev–Trinajstić information content (AvgIpc) is 3.08. The number of hydrogen-bond acceptors (Lipinski definition) is 0. The van der Waals surface area contributed by atoms with Gasteiger partial charge >= 0.3 is 0 Å². The maximum Gasteiger partial charge on any atom is 0.0541 e. The molecule has 0 saturated carbocycles. The van der Waals surface area contributed by atoms with Crippen LogP contribution in [-0.4, -0.2) is 4.57 Å². The van der Waals surface area contributed by atoms with Crippen LogP contribution in [0.3, 0.4) is 0 Å². The van der Waals surface area contributed by atoms with Crippen LogP contribution >= 0.6 is 0 Å². The van der Waals surface area contributed by atoms with Gasteiger partial charge in [0.25, 0.3) is 0 Å². The minimum Gasteiger partial charge on any atom is -0.309 e. The Balaban J connectivity index is 0.00000136. The third-order valence-corrected chi connectivity index (χ3v) is 4.58. The molecule has 0 amide bonds. The van der Waals surface area contributed by atoms with Crippen LogP contribution in [-0.2, 0) is 0 Å². The molecule has 0 aliphatic heterocycles. The molecule has 0 N–H and O–H groups in total. The molecule has 3 rings (SSSR count). The Morgan fingerprint density at radius 1 is 0.964 bits per heavy atom. The standard InChI is InChI=1S/C25H25N.C2H6/c1-5-9-13-21(8-4)26-24-15-11-10-14-22(24)23-18-20(16-17-25(23)26)19(7-3)12-6-2;1-2/h5,7-18H,3-4,6H2,1-2H3;1-2H3/b9-5-,19-12+,21-13+;. The molecule has 0 atom stereocenters. The van der Waals surface area contributed by atoms with E-state index in [1.165, 1.54) is 32.9 Å². The van der Waals surface area contributed by atoms with Gasteiger partial charge in [-0.1, -0.05) is 82.5 Å². The first kappa shape index (κ1) is 21.2. The van der Waals surface area contributed by atoms with Gasteiger partial charge in [0.2, 0.25) is 0 Å². The van der Waals surface area contributed by atoms with E-state index in [1.807, 2.05) is 45.1 Å². The molecule has 1 heteroatoms. The van der Waals surface area contributed by atoms with Crippen molar-refractivity contribution in [1.29, 1.82) is 0 Å². The second-order valence-electron chi connectivity index (χ2n) is 6.18. The highest BCUT2D eigenvalue weighted by Crippen LogP contribution is 2.34. The van der Waals surface area contributed by atoms with Crippen molar-refractivity contribution >= 4 is 33.1 Å². The van der Waals surface area contributed by atoms with Gasteiger partial charge in [0, 0.05) is 16.5 Å². The van der Waals surface area contributed by atoms with Crippen LogP contribution in [0.4, 0.5) is 0 Å². The second-order valence-corrected chi connectivity index (χ2v) is 6.18. The van der Waals surface area contributed by atoms with E-state index in [-0.39, 0.29) is 0 Å². The molecule has 3 aromatic rings. The Morgan fingerprint density at radius 3 is 2.32 bits per heavy atom. The number of nitrogens with zero attached hydrogens (tertiary/aromatic N) is 1. The molecule has 28 heavy (non-hydrogen) atoms. The Hall–Kier alpha value is -3.06. The fourth-order valence-electron chi connectivity index (χ4n) is 3.40. The van der Waals surface area contributed by atoms with Gasteiger partial charge in [-0.2, -0.15) is 0 Å². The zero-order valence-corrected chi connectivity index (χ0v) is 17.6. The highest BCUT2D eigenvalue weighted by molar-refractivity contribution is 6.11. The van der Waals surface area contributed by atoms with E-state index in [4.69, 9.17) is 0 Å². The molecule has 1 aromatic heterocycles. The Kier molecular flexibility index (Phi) is 7.83. The monoisotopic (exact) mass is 369 g/mol. The lowest BCUT2D eigenvalue weighted by atomic mass is 10.0. The van der Waals surface area contributed by atoms with Gasteiger partial charge in [0.1, 0.15) is 0 Å². The topological polar surface area (TPSA) is 4.93 Å².